The van der Waals surface area contributed by atoms with Gasteiger partial charge in [-0.1, -0.05) is 17.7 Å². The zero-order valence-electron chi connectivity index (χ0n) is 12.9. The van der Waals surface area contributed by atoms with E-state index in [0.717, 1.165) is 11.6 Å². The molecule has 0 unspecified atom stereocenters. The molecule has 0 aliphatic rings. The Labute approximate surface area is 141 Å². The Morgan fingerprint density at radius 1 is 1.29 bits per heavy atom. The number of hydrogen-bond donors (Lipinski definition) is 1. The lowest BCUT2D eigenvalue weighted by molar-refractivity contribution is 0.102. The van der Waals surface area contributed by atoms with E-state index < -0.39 is 17.3 Å². The molecule has 0 saturated carbocycles. The number of halogens is 2. The molecule has 7 heteroatoms. The second kappa shape index (κ2) is 6.05. The van der Waals surface area contributed by atoms with Gasteiger partial charge in [0.1, 0.15) is 17.2 Å². The number of benzene rings is 1. The van der Waals surface area contributed by atoms with Crippen molar-refractivity contribution in [2.24, 2.45) is 0 Å². The zero-order valence-corrected chi connectivity index (χ0v) is 13.7. The molecule has 0 bridgehead atoms. The highest BCUT2D eigenvalue weighted by atomic mass is 35.5. The summed E-state index contributed by atoms with van der Waals surface area (Å²) in [6, 6.07) is 7.44. The number of rotatable bonds is 2. The summed E-state index contributed by atoms with van der Waals surface area (Å²) in [5.41, 5.74) is 0.994. The number of hydrogen-bond acceptors (Lipinski definition) is 3. The maximum atomic E-state index is 13.9. The molecule has 24 heavy (non-hydrogen) atoms. The van der Waals surface area contributed by atoms with E-state index in [4.69, 9.17) is 11.6 Å². The van der Waals surface area contributed by atoms with E-state index in [1.165, 1.54) is 16.5 Å². The fourth-order valence-corrected chi connectivity index (χ4v) is 2.63. The lowest BCUT2D eigenvalue weighted by atomic mass is 10.2. The molecule has 2 aromatic heterocycles. The van der Waals surface area contributed by atoms with Gasteiger partial charge in [-0.2, -0.15) is 0 Å². The Balaban J connectivity index is 2.09. The first-order valence-corrected chi connectivity index (χ1v) is 7.51. The van der Waals surface area contributed by atoms with Gasteiger partial charge in [-0.25, -0.2) is 9.37 Å². The summed E-state index contributed by atoms with van der Waals surface area (Å²) in [6.07, 6.45) is 1.57. The lowest BCUT2D eigenvalue weighted by Gasteiger charge is -2.11. The van der Waals surface area contributed by atoms with Crippen LogP contribution in [-0.2, 0) is 0 Å². The quantitative estimate of drug-likeness (QED) is 0.774. The van der Waals surface area contributed by atoms with E-state index in [1.807, 2.05) is 6.92 Å². The first-order valence-electron chi connectivity index (χ1n) is 7.13. The van der Waals surface area contributed by atoms with Crippen molar-refractivity contribution >= 4 is 28.8 Å². The number of carbonyl (C=O) groups is 1. The molecule has 0 aliphatic heterocycles. The molecule has 0 aliphatic carbocycles. The SMILES string of the molecule is Cc1ccn2c(=O)c(NC(=O)c3c(F)cccc3Cl)c(C)nc2c1. The van der Waals surface area contributed by atoms with E-state index in [2.05, 4.69) is 10.3 Å². The molecule has 1 N–H and O–H groups in total. The molecule has 3 rings (SSSR count). The summed E-state index contributed by atoms with van der Waals surface area (Å²) in [6.45, 7) is 3.49. The van der Waals surface area contributed by atoms with Gasteiger partial charge in [0.15, 0.2) is 0 Å². The van der Waals surface area contributed by atoms with Crippen LogP contribution in [0.4, 0.5) is 10.1 Å². The van der Waals surface area contributed by atoms with Gasteiger partial charge in [0, 0.05) is 6.20 Å². The van der Waals surface area contributed by atoms with Gasteiger partial charge in [-0.15, -0.1) is 0 Å². The molecule has 0 saturated heterocycles. The second-order valence-corrected chi connectivity index (χ2v) is 5.77. The van der Waals surface area contributed by atoms with Crippen molar-refractivity contribution in [2.45, 2.75) is 13.8 Å². The molecule has 0 fully saturated rings. The molecule has 5 nitrogen and oxygen atoms in total. The monoisotopic (exact) mass is 345 g/mol. The highest BCUT2D eigenvalue weighted by Crippen LogP contribution is 2.20. The van der Waals surface area contributed by atoms with Crippen LogP contribution in [0.1, 0.15) is 21.6 Å². The number of nitrogens with zero attached hydrogens (tertiary/aromatic N) is 2. The van der Waals surface area contributed by atoms with Crippen molar-refractivity contribution in [3.05, 3.63) is 74.5 Å². The van der Waals surface area contributed by atoms with Crippen molar-refractivity contribution in [2.75, 3.05) is 5.32 Å². The fourth-order valence-electron chi connectivity index (χ4n) is 2.39. The minimum absolute atomic E-state index is 0.0133. The topological polar surface area (TPSA) is 63.5 Å². The Kier molecular flexibility index (Phi) is 4.07. The number of nitrogens with one attached hydrogen (secondary N) is 1. The minimum atomic E-state index is -0.799. The van der Waals surface area contributed by atoms with Crippen LogP contribution in [-0.4, -0.2) is 15.3 Å². The number of pyridine rings is 1. The highest BCUT2D eigenvalue weighted by Gasteiger charge is 2.19. The van der Waals surface area contributed by atoms with Gasteiger partial charge in [-0.3, -0.25) is 14.0 Å². The maximum Gasteiger partial charge on any atom is 0.281 e. The van der Waals surface area contributed by atoms with Crippen molar-refractivity contribution in [3.8, 4) is 0 Å². The molecular formula is C17H13ClFN3O2. The third-order valence-corrected chi connectivity index (χ3v) is 3.91. The summed E-state index contributed by atoms with van der Waals surface area (Å²) >= 11 is 5.88. The molecule has 1 aromatic carbocycles. The molecule has 122 valence electrons. The molecule has 3 aromatic rings. The highest BCUT2D eigenvalue weighted by molar-refractivity contribution is 6.34. The second-order valence-electron chi connectivity index (χ2n) is 5.36. The van der Waals surface area contributed by atoms with Gasteiger partial charge in [0.2, 0.25) is 0 Å². The average molecular weight is 346 g/mol. The standard InChI is InChI=1S/C17H13ClFN3O2/c1-9-6-7-22-13(8-9)20-10(2)15(17(22)24)21-16(23)14-11(18)4-3-5-12(14)19/h3-8H,1-2H3,(H,21,23). The first kappa shape index (κ1) is 16.1. The van der Waals surface area contributed by atoms with Crippen LogP contribution in [0.5, 0.6) is 0 Å². The molecular weight excluding hydrogens is 333 g/mol. The first-order chi connectivity index (χ1) is 11.4. The van der Waals surface area contributed by atoms with Crippen LogP contribution >= 0.6 is 11.6 Å². The maximum absolute atomic E-state index is 13.9. The molecule has 1 amide bonds. The Morgan fingerprint density at radius 2 is 2.04 bits per heavy atom. The molecule has 0 radical (unpaired) electrons. The number of fused-ring (bicyclic) bond motifs is 1. The van der Waals surface area contributed by atoms with E-state index in [-0.39, 0.29) is 16.3 Å². The van der Waals surface area contributed by atoms with Crippen molar-refractivity contribution in [3.63, 3.8) is 0 Å². The van der Waals surface area contributed by atoms with Gasteiger partial charge in [0.05, 0.1) is 16.3 Å². The minimum Gasteiger partial charge on any atom is -0.316 e. The van der Waals surface area contributed by atoms with Crippen LogP contribution in [0.15, 0.2) is 41.3 Å². The summed E-state index contributed by atoms with van der Waals surface area (Å²) < 4.78 is 15.2. The van der Waals surface area contributed by atoms with Gasteiger partial charge in [-0.05, 0) is 43.7 Å². The largest absolute Gasteiger partial charge is 0.316 e. The fraction of sp³-hybridized carbons (Fsp3) is 0.118. The normalized spacial score (nSPS) is 10.8. The lowest BCUT2D eigenvalue weighted by Crippen LogP contribution is -2.25. The summed E-state index contributed by atoms with van der Waals surface area (Å²) in [7, 11) is 0. The molecule has 2 heterocycles. The van der Waals surface area contributed by atoms with Crippen LogP contribution in [0.3, 0.4) is 0 Å². The zero-order chi connectivity index (χ0) is 17.4. The Morgan fingerprint density at radius 3 is 2.75 bits per heavy atom. The van der Waals surface area contributed by atoms with E-state index >= 15 is 0 Å². The van der Waals surface area contributed by atoms with E-state index in [1.54, 1.807) is 25.3 Å². The Hall–Kier alpha value is -2.73. The van der Waals surface area contributed by atoms with Crippen LogP contribution in [0, 0.1) is 19.7 Å². The van der Waals surface area contributed by atoms with Crippen molar-refractivity contribution in [1.82, 2.24) is 9.38 Å². The number of aromatic nitrogens is 2. The van der Waals surface area contributed by atoms with Crippen molar-refractivity contribution in [1.29, 1.82) is 0 Å². The third-order valence-electron chi connectivity index (χ3n) is 3.60. The van der Waals surface area contributed by atoms with E-state index in [9.17, 15) is 14.0 Å². The summed E-state index contributed by atoms with van der Waals surface area (Å²) in [5, 5.41) is 2.39. The van der Waals surface area contributed by atoms with Crippen molar-refractivity contribution < 1.29 is 9.18 Å². The van der Waals surface area contributed by atoms with Gasteiger partial charge < -0.3 is 5.32 Å². The molecule has 0 spiro atoms. The predicted molar refractivity (Wildman–Crippen MR) is 90.3 cm³/mol. The number of carbonyl (C=O) groups excluding carboxylic acids is 1. The average Bonchev–Trinajstić information content (AvgIpc) is 2.51. The van der Waals surface area contributed by atoms with Crippen LogP contribution in [0.2, 0.25) is 5.02 Å². The van der Waals surface area contributed by atoms with Crippen LogP contribution in [0.25, 0.3) is 5.65 Å². The molecule has 0 atom stereocenters. The number of anilines is 1. The number of amides is 1. The van der Waals surface area contributed by atoms with E-state index in [0.29, 0.717) is 11.3 Å². The van der Waals surface area contributed by atoms with Gasteiger partial charge in [0.25, 0.3) is 11.5 Å². The smallest absolute Gasteiger partial charge is 0.281 e. The number of aryl methyl sites for hydroxylation is 2. The predicted octanol–water partition coefficient (Wildman–Crippen LogP) is 3.36. The van der Waals surface area contributed by atoms with Crippen LogP contribution < -0.4 is 10.9 Å². The third kappa shape index (κ3) is 2.76. The summed E-state index contributed by atoms with van der Waals surface area (Å²) in [5.74, 6) is -1.56. The summed E-state index contributed by atoms with van der Waals surface area (Å²) in [4.78, 5) is 29.2. The van der Waals surface area contributed by atoms with Gasteiger partial charge >= 0.3 is 0 Å². The Bertz CT molecular complexity index is 1010.